The van der Waals surface area contributed by atoms with Crippen LogP contribution in [-0.2, 0) is 11.3 Å². The van der Waals surface area contributed by atoms with Crippen molar-refractivity contribution in [3.8, 4) is 5.75 Å². The Morgan fingerprint density at radius 2 is 2.19 bits per heavy atom. The summed E-state index contributed by atoms with van der Waals surface area (Å²) in [5.74, 6) is 0.135. The van der Waals surface area contributed by atoms with Crippen molar-refractivity contribution in [2.45, 2.75) is 13.5 Å². The number of nitrogens with two attached hydrogens (primary N) is 1. The van der Waals surface area contributed by atoms with Gasteiger partial charge in [0.05, 0.1) is 0 Å². The summed E-state index contributed by atoms with van der Waals surface area (Å²) >= 11 is 0. The minimum atomic E-state index is -0.0520. The maximum absolute atomic E-state index is 10.6. The molecule has 88 valence electrons. The molecule has 0 fully saturated rings. The van der Waals surface area contributed by atoms with Gasteiger partial charge in [0.25, 0.3) is 0 Å². The predicted molar refractivity (Wildman–Crippen MR) is 62.9 cm³/mol. The van der Waals surface area contributed by atoms with Crippen LogP contribution in [0.25, 0.3) is 0 Å². The van der Waals surface area contributed by atoms with Crippen molar-refractivity contribution in [1.82, 2.24) is 10.6 Å². The first kappa shape index (κ1) is 12.3. The summed E-state index contributed by atoms with van der Waals surface area (Å²) in [6.45, 7) is 3.15. The normalized spacial score (nSPS) is 10.1. The SMILES string of the molecule is CC(=O)NCCNCc1c(N)cccc1O. The van der Waals surface area contributed by atoms with E-state index in [2.05, 4.69) is 10.6 Å². The molecule has 0 saturated heterocycles. The first-order chi connectivity index (χ1) is 7.61. The molecule has 1 amide bonds. The quantitative estimate of drug-likeness (QED) is 0.424. The van der Waals surface area contributed by atoms with Gasteiger partial charge in [-0.05, 0) is 12.1 Å². The third kappa shape index (κ3) is 3.78. The maximum Gasteiger partial charge on any atom is 0.216 e. The van der Waals surface area contributed by atoms with Gasteiger partial charge in [0.2, 0.25) is 5.91 Å². The Labute approximate surface area is 94.7 Å². The molecular weight excluding hydrogens is 206 g/mol. The third-order valence-electron chi connectivity index (χ3n) is 2.17. The number of benzene rings is 1. The summed E-state index contributed by atoms with van der Waals surface area (Å²) in [6.07, 6.45) is 0. The topological polar surface area (TPSA) is 87.4 Å². The molecule has 0 heterocycles. The van der Waals surface area contributed by atoms with Gasteiger partial charge in [-0.25, -0.2) is 0 Å². The van der Waals surface area contributed by atoms with E-state index in [9.17, 15) is 9.90 Å². The number of nitrogens with one attached hydrogen (secondary N) is 2. The van der Waals surface area contributed by atoms with E-state index in [0.717, 1.165) is 0 Å². The molecule has 0 saturated carbocycles. The molecule has 0 aliphatic rings. The molecule has 1 aromatic carbocycles. The second-order valence-electron chi connectivity index (χ2n) is 3.50. The van der Waals surface area contributed by atoms with E-state index in [1.807, 2.05) is 0 Å². The van der Waals surface area contributed by atoms with E-state index >= 15 is 0 Å². The van der Waals surface area contributed by atoms with Crippen LogP contribution in [0.2, 0.25) is 0 Å². The lowest BCUT2D eigenvalue weighted by Crippen LogP contribution is -2.30. The number of hydrogen-bond acceptors (Lipinski definition) is 4. The Morgan fingerprint density at radius 3 is 2.81 bits per heavy atom. The number of phenols is 1. The van der Waals surface area contributed by atoms with Crippen LogP contribution >= 0.6 is 0 Å². The number of amides is 1. The Kier molecular flexibility index (Phi) is 4.60. The molecule has 1 aromatic rings. The lowest BCUT2D eigenvalue weighted by molar-refractivity contribution is -0.118. The Balaban J connectivity index is 2.34. The molecule has 0 aromatic heterocycles. The number of hydrogen-bond donors (Lipinski definition) is 4. The monoisotopic (exact) mass is 223 g/mol. The molecule has 0 spiro atoms. The van der Waals surface area contributed by atoms with Crippen molar-refractivity contribution in [3.63, 3.8) is 0 Å². The zero-order chi connectivity index (χ0) is 12.0. The highest BCUT2D eigenvalue weighted by Crippen LogP contribution is 2.22. The van der Waals surface area contributed by atoms with Crippen molar-refractivity contribution < 1.29 is 9.90 Å². The van der Waals surface area contributed by atoms with Crippen LogP contribution in [0.5, 0.6) is 5.75 Å². The van der Waals surface area contributed by atoms with Gasteiger partial charge in [0.15, 0.2) is 0 Å². The molecule has 0 aliphatic carbocycles. The van der Waals surface area contributed by atoms with Crippen LogP contribution in [0, 0.1) is 0 Å². The minimum absolute atomic E-state index is 0.0520. The van der Waals surface area contributed by atoms with Crippen LogP contribution in [0.3, 0.4) is 0 Å². The Morgan fingerprint density at radius 1 is 1.44 bits per heavy atom. The first-order valence-corrected chi connectivity index (χ1v) is 5.12. The molecule has 0 unspecified atom stereocenters. The fourth-order valence-electron chi connectivity index (χ4n) is 1.32. The number of rotatable bonds is 5. The molecule has 0 bridgehead atoms. The zero-order valence-electron chi connectivity index (χ0n) is 9.29. The summed E-state index contributed by atoms with van der Waals surface area (Å²) in [5.41, 5.74) is 6.96. The highest BCUT2D eigenvalue weighted by molar-refractivity contribution is 5.72. The van der Waals surface area contributed by atoms with Gasteiger partial charge >= 0.3 is 0 Å². The van der Waals surface area contributed by atoms with Gasteiger partial charge in [0, 0.05) is 37.8 Å². The van der Waals surface area contributed by atoms with Crippen LogP contribution in [0.1, 0.15) is 12.5 Å². The zero-order valence-corrected chi connectivity index (χ0v) is 9.29. The number of carbonyl (C=O) groups is 1. The summed E-state index contributed by atoms with van der Waals surface area (Å²) in [7, 11) is 0. The van der Waals surface area contributed by atoms with Gasteiger partial charge in [-0.15, -0.1) is 0 Å². The Hall–Kier alpha value is -1.75. The highest BCUT2D eigenvalue weighted by Gasteiger charge is 2.03. The van der Waals surface area contributed by atoms with E-state index in [0.29, 0.717) is 30.9 Å². The predicted octanol–water partition coefficient (Wildman–Crippen LogP) is 0.200. The largest absolute Gasteiger partial charge is 0.508 e. The molecule has 0 aliphatic heterocycles. The minimum Gasteiger partial charge on any atom is -0.508 e. The standard InChI is InChI=1S/C11H17N3O2/c1-8(15)14-6-5-13-7-9-10(12)3-2-4-11(9)16/h2-4,13,16H,5-7,12H2,1H3,(H,14,15). The third-order valence-corrected chi connectivity index (χ3v) is 2.17. The average Bonchev–Trinajstić information content (AvgIpc) is 2.21. The summed E-state index contributed by atoms with van der Waals surface area (Å²) < 4.78 is 0. The summed E-state index contributed by atoms with van der Waals surface area (Å²) in [5, 5.41) is 15.3. The average molecular weight is 223 g/mol. The molecule has 0 radical (unpaired) electrons. The van der Waals surface area contributed by atoms with Crippen LogP contribution in [-0.4, -0.2) is 24.1 Å². The number of anilines is 1. The van der Waals surface area contributed by atoms with Crippen molar-refractivity contribution in [1.29, 1.82) is 0 Å². The van der Waals surface area contributed by atoms with Crippen molar-refractivity contribution in [2.24, 2.45) is 0 Å². The van der Waals surface area contributed by atoms with Gasteiger partial charge < -0.3 is 21.5 Å². The number of phenolic OH excluding ortho intramolecular Hbond substituents is 1. The van der Waals surface area contributed by atoms with Crippen molar-refractivity contribution in [3.05, 3.63) is 23.8 Å². The van der Waals surface area contributed by atoms with Crippen molar-refractivity contribution >= 4 is 11.6 Å². The van der Waals surface area contributed by atoms with Gasteiger partial charge in [-0.2, -0.15) is 0 Å². The molecule has 0 atom stereocenters. The van der Waals surface area contributed by atoms with Gasteiger partial charge in [-0.1, -0.05) is 6.07 Å². The highest BCUT2D eigenvalue weighted by atomic mass is 16.3. The second-order valence-corrected chi connectivity index (χ2v) is 3.50. The first-order valence-electron chi connectivity index (χ1n) is 5.12. The van der Waals surface area contributed by atoms with E-state index in [4.69, 9.17) is 5.73 Å². The molecule has 1 rings (SSSR count). The van der Waals surface area contributed by atoms with E-state index in [1.165, 1.54) is 6.92 Å². The molecule has 5 N–H and O–H groups in total. The van der Waals surface area contributed by atoms with Gasteiger partial charge in [-0.3, -0.25) is 4.79 Å². The Bertz CT molecular complexity index is 346. The van der Waals surface area contributed by atoms with E-state index in [1.54, 1.807) is 18.2 Å². The lowest BCUT2D eigenvalue weighted by atomic mass is 10.1. The van der Waals surface area contributed by atoms with Crippen LogP contribution in [0.15, 0.2) is 18.2 Å². The number of carbonyl (C=O) groups excluding carboxylic acids is 1. The molecule has 5 nitrogen and oxygen atoms in total. The summed E-state index contributed by atoms with van der Waals surface area (Å²) in [6, 6.07) is 5.04. The lowest BCUT2D eigenvalue weighted by Gasteiger charge is -2.09. The summed E-state index contributed by atoms with van der Waals surface area (Å²) in [4.78, 5) is 10.6. The van der Waals surface area contributed by atoms with Crippen molar-refractivity contribution in [2.75, 3.05) is 18.8 Å². The van der Waals surface area contributed by atoms with Gasteiger partial charge in [0.1, 0.15) is 5.75 Å². The fraction of sp³-hybridized carbons (Fsp3) is 0.364. The molecule has 5 heteroatoms. The van der Waals surface area contributed by atoms with Crippen LogP contribution in [0.4, 0.5) is 5.69 Å². The van der Waals surface area contributed by atoms with E-state index in [-0.39, 0.29) is 11.7 Å². The van der Waals surface area contributed by atoms with E-state index < -0.39 is 0 Å². The van der Waals surface area contributed by atoms with Crippen LogP contribution < -0.4 is 16.4 Å². The smallest absolute Gasteiger partial charge is 0.216 e. The fourth-order valence-corrected chi connectivity index (χ4v) is 1.32. The molecule has 16 heavy (non-hydrogen) atoms. The molecular formula is C11H17N3O2. The number of nitrogen functional groups attached to an aromatic ring is 1. The number of aromatic hydroxyl groups is 1. The maximum atomic E-state index is 10.6. The second kappa shape index (κ2) is 5.97.